The minimum Gasteiger partial charge on any atom is -0.493 e. The number of esters is 1. The summed E-state index contributed by atoms with van der Waals surface area (Å²) in [6.45, 7) is 6.39. The molecular weight excluding hydrogens is 364 g/mol. The number of carbonyl (C=O) groups excluding carboxylic acids is 1. The molecule has 0 aliphatic carbocycles. The lowest BCUT2D eigenvalue weighted by Gasteiger charge is -2.28. The lowest BCUT2D eigenvalue weighted by Crippen LogP contribution is -2.22. The molecule has 1 aliphatic rings. The minimum absolute atomic E-state index is 0.0223. The van der Waals surface area contributed by atoms with Crippen molar-refractivity contribution in [2.24, 2.45) is 0 Å². The summed E-state index contributed by atoms with van der Waals surface area (Å²) >= 11 is 0. The molecule has 5 heteroatoms. The Balaban J connectivity index is 1.82. The number of hydrogen-bond acceptors (Lipinski definition) is 5. The van der Waals surface area contributed by atoms with Gasteiger partial charge in [0.2, 0.25) is 5.88 Å². The smallest absolute Gasteiger partial charge is 0.339 e. The van der Waals surface area contributed by atoms with Crippen LogP contribution in [0.3, 0.4) is 0 Å². The number of cyclic esters (lactones) is 1. The first-order valence-electron chi connectivity index (χ1n) is 9.61. The number of nitrogens with zero attached hydrogens (tertiary/aromatic N) is 1. The Kier molecular flexibility index (Phi) is 4.53. The molecule has 3 N–H and O–H groups in total. The van der Waals surface area contributed by atoms with Crippen LogP contribution in [0.2, 0.25) is 0 Å². The second-order valence-electron chi connectivity index (χ2n) is 8.48. The highest BCUT2D eigenvalue weighted by Gasteiger charge is 2.29. The summed E-state index contributed by atoms with van der Waals surface area (Å²) < 4.78 is 5.77. The molecule has 0 saturated carbocycles. The molecule has 148 valence electrons. The Morgan fingerprint density at radius 2 is 1.90 bits per heavy atom. The van der Waals surface area contributed by atoms with Crippen molar-refractivity contribution in [2.45, 2.75) is 38.7 Å². The minimum atomic E-state index is -0.404. The van der Waals surface area contributed by atoms with Crippen LogP contribution >= 0.6 is 0 Å². The third-order valence-electron chi connectivity index (χ3n) is 5.30. The van der Waals surface area contributed by atoms with Crippen molar-refractivity contribution >= 4 is 11.7 Å². The van der Waals surface area contributed by atoms with Gasteiger partial charge in [-0.2, -0.15) is 0 Å². The number of fused-ring (bicyclic) bond motifs is 1. The fourth-order valence-corrected chi connectivity index (χ4v) is 3.63. The summed E-state index contributed by atoms with van der Waals surface area (Å²) in [6, 6.07) is 15.1. The normalized spacial score (nSPS) is 16.2. The number of benzene rings is 2. The van der Waals surface area contributed by atoms with E-state index in [2.05, 4.69) is 37.9 Å². The van der Waals surface area contributed by atoms with Crippen LogP contribution in [0.4, 0.5) is 5.69 Å². The number of anilines is 1. The molecule has 5 nitrogen and oxygen atoms in total. The lowest BCUT2D eigenvalue weighted by atomic mass is 9.82. The quantitative estimate of drug-likeness (QED) is 0.487. The maximum absolute atomic E-state index is 12.6. The maximum atomic E-state index is 12.6. The summed E-state index contributed by atoms with van der Waals surface area (Å²) in [5.74, 6) is -0.388. The van der Waals surface area contributed by atoms with Crippen LogP contribution in [0.5, 0.6) is 5.88 Å². The fraction of sp³-hybridized carbons (Fsp3) is 0.250. The Hall–Kier alpha value is -3.34. The molecule has 2 aromatic carbocycles. The van der Waals surface area contributed by atoms with Crippen molar-refractivity contribution in [1.29, 1.82) is 0 Å². The van der Waals surface area contributed by atoms with Gasteiger partial charge in [-0.3, -0.25) is 0 Å². The van der Waals surface area contributed by atoms with Gasteiger partial charge in [0.15, 0.2) is 0 Å². The van der Waals surface area contributed by atoms with Crippen molar-refractivity contribution in [1.82, 2.24) is 4.98 Å². The number of hydrogen-bond donors (Lipinski definition) is 2. The van der Waals surface area contributed by atoms with E-state index in [1.54, 1.807) is 24.4 Å². The first-order chi connectivity index (χ1) is 13.7. The highest BCUT2D eigenvalue weighted by Crippen LogP contribution is 2.38. The third-order valence-corrected chi connectivity index (χ3v) is 5.30. The maximum Gasteiger partial charge on any atom is 0.339 e. The summed E-state index contributed by atoms with van der Waals surface area (Å²) in [4.78, 5) is 16.6. The number of ether oxygens (including phenoxy) is 1. The number of pyridine rings is 1. The van der Waals surface area contributed by atoms with Crippen molar-refractivity contribution < 1.29 is 14.6 Å². The SMILES string of the molecule is CC(C)(C)c1cc(-c2cccnc2O)cc(C2Cc3ccc(N)cc3C(=O)O2)c1. The monoisotopic (exact) mass is 388 g/mol. The van der Waals surface area contributed by atoms with Crippen LogP contribution in [-0.2, 0) is 16.6 Å². The molecule has 29 heavy (non-hydrogen) atoms. The van der Waals surface area contributed by atoms with Crippen LogP contribution in [0.15, 0.2) is 54.7 Å². The predicted molar refractivity (Wildman–Crippen MR) is 113 cm³/mol. The van der Waals surface area contributed by atoms with E-state index in [1.807, 2.05) is 18.2 Å². The van der Waals surface area contributed by atoms with Crippen LogP contribution in [0, 0.1) is 0 Å². The average molecular weight is 388 g/mol. The molecule has 0 radical (unpaired) electrons. The van der Waals surface area contributed by atoms with Gasteiger partial charge in [-0.05, 0) is 58.0 Å². The molecular formula is C24H24N2O3. The van der Waals surface area contributed by atoms with E-state index in [9.17, 15) is 9.90 Å². The highest BCUT2D eigenvalue weighted by molar-refractivity contribution is 5.93. The Morgan fingerprint density at radius 1 is 1.10 bits per heavy atom. The van der Waals surface area contributed by atoms with Crippen LogP contribution in [0.25, 0.3) is 11.1 Å². The topological polar surface area (TPSA) is 85.4 Å². The molecule has 1 aromatic heterocycles. The molecule has 1 unspecified atom stereocenters. The molecule has 2 heterocycles. The van der Waals surface area contributed by atoms with Crippen molar-refractivity contribution in [3.63, 3.8) is 0 Å². The Morgan fingerprint density at radius 3 is 2.62 bits per heavy atom. The van der Waals surface area contributed by atoms with Crippen molar-refractivity contribution in [3.8, 4) is 17.0 Å². The van der Waals surface area contributed by atoms with Crippen LogP contribution in [0.1, 0.15) is 53.9 Å². The average Bonchev–Trinajstić information content (AvgIpc) is 2.68. The van der Waals surface area contributed by atoms with Gasteiger partial charge in [0.05, 0.1) is 5.56 Å². The van der Waals surface area contributed by atoms with Crippen molar-refractivity contribution in [2.75, 3.05) is 5.73 Å². The number of carbonyl (C=O) groups is 1. The van der Waals surface area contributed by atoms with E-state index in [0.717, 1.165) is 22.3 Å². The first kappa shape index (κ1) is 19.0. The molecule has 0 bridgehead atoms. The van der Waals surface area contributed by atoms with Gasteiger partial charge in [-0.15, -0.1) is 0 Å². The van der Waals surface area contributed by atoms with E-state index in [4.69, 9.17) is 10.5 Å². The van der Waals surface area contributed by atoms with Gasteiger partial charge in [0.25, 0.3) is 0 Å². The number of nitrogen functional groups attached to an aromatic ring is 1. The zero-order valence-corrected chi connectivity index (χ0v) is 16.8. The molecule has 0 spiro atoms. The van der Waals surface area contributed by atoms with Gasteiger partial charge in [0, 0.05) is 23.9 Å². The fourth-order valence-electron chi connectivity index (χ4n) is 3.63. The van der Waals surface area contributed by atoms with E-state index < -0.39 is 6.10 Å². The van der Waals surface area contributed by atoms with Crippen LogP contribution < -0.4 is 5.73 Å². The van der Waals surface area contributed by atoms with E-state index in [0.29, 0.717) is 23.2 Å². The number of rotatable bonds is 2. The third kappa shape index (κ3) is 3.68. The predicted octanol–water partition coefficient (Wildman–Crippen LogP) is 4.79. The molecule has 4 rings (SSSR count). The van der Waals surface area contributed by atoms with Gasteiger partial charge >= 0.3 is 5.97 Å². The number of aromatic nitrogens is 1. The number of aromatic hydroxyl groups is 1. The van der Waals surface area contributed by atoms with E-state index >= 15 is 0 Å². The second-order valence-corrected chi connectivity index (χ2v) is 8.48. The number of nitrogens with two attached hydrogens (primary N) is 1. The molecule has 1 aliphatic heterocycles. The highest BCUT2D eigenvalue weighted by atomic mass is 16.5. The van der Waals surface area contributed by atoms with Crippen LogP contribution in [-0.4, -0.2) is 16.1 Å². The Labute approximate surface area is 170 Å². The lowest BCUT2D eigenvalue weighted by molar-refractivity contribution is 0.0253. The van der Waals surface area contributed by atoms with Crippen molar-refractivity contribution in [3.05, 3.63) is 77.0 Å². The molecule has 0 saturated heterocycles. The standard InChI is InChI=1S/C24H24N2O3/c1-24(2,3)17-10-15(19-5-4-8-26-22(19)27)9-16(11-17)21-12-14-6-7-18(25)13-20(14)23(28)29-21/h4-11,13,21H,12,25H2,1-3H3,(H,26,27). The first-order valence-corrected chi connectivity index (χ1v) is 9.61. The second kappa shape index (κ2) is 6.92. The van der Waals surface area contributed by atoms with E-state index in [-0.39, 0.29) is 17.3 Å². The summed E-state index contributed by atoms with van der Waals surface area (Å²) in [7, 11) is 0. The molecule has 3 aromatic rings. The van der Waals surface area contributed by atoms with Gasteiger partial charge in [-0.25, -0.2) is 9.78 Å². The molecule has 0 fully saturated rings. The summed E-state index contributed by atoms with van der Waals surface area (Å²) in [6.07, 6.45) is 1.73. The largest absolute Gasteiger partial charge is 0.493 e. The molecule has 1 atom stereocenters. The summed E-state index contributed by atoms with van der Waals surface area (Å²) in [5.41, 5.74) is 11.2. The summed E-state index contributed by atoms with van der Waals surface area (Å²) in [5, 5.41) is 10.2. The van der Waals surface area contributed by atoms with Gasteiger partial charge < -0.3 is 15.6 Å². The molecule has 0 amide bonds. The van der Waals surface area contributed by atoms with Gasteiger partial charge in [-0.1, -0.05) is 39.0 Å². The van der Waals surface area contributed by atoms with Gasteiger partial charge in [0.1, 0.15) is 6.10 Å². The van der Waals surface area contributed by atoms with E-state index in [1.165, 1.54) is 0 Å². The zero-order chi connectivity index (χ0) is 20.8. The zero-order valence-electron chi connectivity index (χ0n) is 16.8. The Bertz CT molecular complexity index is 1100.